The molecule has 140 valence electrons. The van der Waals surface area contributed by atoms with E-state index in [2.05, 4.69) is 51.9 Å². The van der Waals surface area contributed by atoms with E-state index >= 15 is 0 Å². The van der Waals surface area contributed by atoms with Gasteiger partial charge in [0.1, 0.15) is 0 Å². The van der Waals surface area contributed by atoms with Crippen molar-refractivity contribution in [2.24, 2.45) is 4.99 Å². The second kappa shape index (κ2) is 11.4. The molecule has 0 unspecified atom stereocenters. The minimum absolute atomic E-state index is 0.796. The Balaban J connectivity index is 1.65. The number of nitrogens with zero attached hydrogens (tertiary/aromatic N) is 2. The van der Waals surface area contributed by atoms with Crippen LogP contribution < -0.4 is 10.6 Å². The highest BCUT2D eigenvalue weighted by molar-refractivity contribution is 7.98. The van der Waals surface area contributed by atoms with Crippen LogP contribution in [0.1, 0.15) is 24.0 Å². The molecule has 1 aromatic rings. The van der Waals surface area contributed by atoms with Gasteiger partial charge in [-0.25, -0.2) is 0 Å². The number of hydrogen-bond acceptors (Lipinski definition) is 4. The smallest absolute Gasteiger partial charge is 0.191 e. The van der Waals surface area contributed by atoms with E-state index in [4.69, 9.17) is 4.74 Å². The maximum Gasteiger partial charge on any atom is 0.191 e. The molecule has 0 radical (unpaired) electrons. The van der Waals surface area contributed by atoms with Crippen molar-refractivity contribution in [3.05, 3.63) is 29.3 Å². The van der Waals surface area contributed by atoms with Gasteiger partial charge in [-0.05, 0) is 49.8 Å². The molecule has 1 fully saturated rings. The van der Waals surface area contributed by atoms with Crippen molar-refractivity contribution in [2.75, 3.05) is 52.7 Å². The van der Waals surface area contributed by atoms with Gasteiger partial charge in [-0.3, -0.25) is 9.89 Å². The second-order valence-electron chi connectivity index (χ2n) is 6.33. The lowest BCUT2D eigenvalue weighted by atomic mass is 10.1. The van der Waals surface area contributed by atoms with Gasteiger partial charge in [0.2, 0.25) is 0 Å². The normalized spacial score (nSPS) is 16.0. The summed E-state index contributed by atoms with van der Waals surface area (Å²) in [6.07, 6.45) is 4.48. The number of rotatable bonds is 8. The van der Waals surface area contributed by atoms with E-state index in [1.807, 2.05) is 7.05 Å². The van der Waals surface area contributed by atoms with Gasteiger partial charge in [0.05, 0.1) is 13.2 Å². The summed E-state index contributed by atoms with van der Waals surface area (Å²) in [7, 11) is 1.83. The molecular formula is C19H32N4OS. The molecule has 0 aliphatic carbocycles. The van der Waals surface area contributed by atoms with Gasteiger partial charge in [0.15, 0.2) is 5.96 Å². The third-order valence-corrected chi connectivity index (χ3v) is 5.23. The van der Waals surface area contributed by atoms with Gasteiger partial charge in [-0.1, -0.05) is 12.1 Å². The van der Waals surface area contributed by atoms with Crippen LogP contribution in [0.3, 0.4) is 0 Å². The second-order valence-corrected chi connectivity index (χ2v) is 7.18. The predicted octanol–water partition coefficient (Wildman–Crippen LogP) is 2.49. The van der Waals surface area contributed by atoms with Gasteiger partial charge in [-0.15, -0.1) is 11.8 Å². The fraction of sp³-hybridized carbons (Fsp3) is 0.632. The number of guanidine groups is 1. The van der Waals surface area contributed by atoms with Crippen LogP contribution in [-0.4, -0.2) is 63.6 Å². The molecule has 1 aliphatic heterocycles. The molecule has 2 rings (SSSR count). The Morgan fingerprint density at radius 2 is 2.04 bits per heavy atom. The van der Waals surface area contributed by atoms with Gasteiger partial charge >= 0.3 is 0 Å². The first kappa shape index (κ1) is 20.1. The van der Waals surface area contributed by atoms with E-state index < -0.39 is 0 Å². The molecule has 1 aliphatic rings. The highest BCUT2D eigenvalue weighted by Gasteiger charge is 2.09. The molecule has 6 heteroatoms. The standard InChI is InChI=1S/C19H32N4OS/c1-16-6-7-17(18(14-16)25-3)15-22-19(20-2)21-8-4-5-9-23-10-12-24-13-11-23/h6-7,14H,4-5,8-13,15H2,1-3H3,(H2,20,21,22). The highest BCUT2D eigenvalue weighted by atomic mass is 32.2. The molecule has 1 saturated heterocycles. The van der Waals surface area contributed by atoms with E-state index in [0.717, 1.165) is 58.3 Å². The maximum absolute atomic E-state index is 5.38. The fourth-order valence-electron chi connectivity index (χ4n) is 2.89. The number of unbranched alkanes of at least 4 members (excludes halogenated alkanes) is 1. The van der Waals surface area contributed by atoms with Crippen molar-refractivity contribution in [2.45, 2.75) is 31.2 Å². The van der Waals surface area contributed by atoms with Crippen LogP contribution in [0.25, 0.3) is 0 Å². The molecule has 0 amide bonds. The molecule has 5 nitrogen and oxygen atoms in total. The van der Waals surface area contributed by atoms with Gasteiger partial charge < -0.3 is 15.4 Å². The number of aliphatic imine (C=N–C) groups is 1. The van der Waals surface area contributed by atoms with Crippen LogP contribution in [0.5, 0.6) is 0 Å². The van der Waals surface area contributed by atoms with E-state index in [1.165, 1.54) is 22.4 Å². The number of ether oxygens (including phenoxy) is 1. The summed E-state index contributed by atoms with van der Waals surface area (Å²) < 4.78 is 5.38. The molecule has 0 saturated carbocycles. The van der Waals surface area contributed by atoms with Crippen molar-refractivity contribution in [1.82, 2.24) is 15.5 Å². The number of morpholine rings is 1. The number of aryl methyl sites for hydroxylation is 1. The van der Waals surface area contributed by atoms with Crippen LogP contribution >= 0.6 is 11.8 Å². The minimum atomic E-state index is 0.796. The Bertz CT molecular complexity index is 544. The highest BCUT2D eigenvalue weighted by Crippen LogP contribution is 2.21. The zero-order valence-electron chi connectivity index (χ0n) is 15.8. The average Bonchev–Trinajstić information content (AvgIpc) is 2.65. The average molecular weight is 365 g/mol. The first-order chi connectivity index (χ1) is 12.2. The zero-order chi connectivity index (χ0) is 17.9. The Morgan fingerprint density at radius 3 is 2.76 bits per heavy atom. The minimum Gasteiger partial charge on any atom is -0.379 e. The summed E-state index contributed by atoms with van der Waals surface area (Å²) in [6.45, 7) is 8.96. The number of thioether (sulfide) groups is 1. The summed E-state index contributed by atoms with van der Waals surface area (Å²) in [5, 5.41) is 6.83. The molecule has 0 bridgehead atoms. The molecule has 25 heavy (non-hydrogen) atoms. The zero-order valence-corrected chi connectivity index (χ0v) is 16.6. The predicted molar refractivity (Wildman–Crippen MR) is 108 cm³/mol. The Kier molecular flexibility index (Phi) is 9.15. The third kappa shape index (κ3) is 7.26. The topological polar surface area (TPSA) is 48.9 Å². The first-order valence-corrected chi connectivity index (χ1v) is 10.3. The fourth-order valence-corrected chi connectivity index (χ4v) is 3.60. The van der Waals surface area contributed by atoms with Crippen molar-refractivity contribution >= 4 is 17.7 Å². The van der Waals surface area contributed by atoms with E-state index in [1.54, 1.807) is 11.8 Å². The van der Waals surface area contributed by atoms with E-state index in [9.17, 15) is 0 Å². The quantitative estimate of drug-likeness (QED) is 0.321. The van der Waals surface area contributed by atoms with Crippen LogP contribution in [0.4, 0.5) is 0 Å². The van der Waals surface area contributed by atoms with Crippen molar-refractivity contribution in [1.29, 1.82) is 0 Å². The number of benzene rings is 1. The summed E-state index contributed by atoms with van der Waals surface area (Å²) in [6, 6.07) is 6.60. The van der Waals surface area contributed by atoms with Crippen LogP contribution in [0.15, 0.2) is 28.1 Å². The number of hydrogen-bond donors (Lipinski definition) is 2. The Morgan fingerprint density at radius 1 is 1.24 bits per heavy atom. The molecule has 0 aromatic heterocycles. The molecule has 1 heterocycles. The van der Waals surface area contributed by atoms with Crippen LogP contribution in [0.2, 0.25) is 0 Å². The summed E-state index contributed by atoms with van der Waals surface area (Å²) in [5.74, 6) is 0.874. The van der Waals surface area contributed by atoms with Crippen molar-refractivity contribution in [3.8, 4) is 0 Å². The SMILES string of the molecule is CN=C(NCCCCN1CCOCC1)NCc1ccc(C)cc1SC. The first-order valence-electron chi connectivity index (χ1n) is 9.11. The Labute approximate surface area is 156 Å². The monoisotopic (exact) mass is 364 g/mol. The molecule has 0 atom stereocenters. The summed E-state index contributed by atoms with van der Waals surface area (Å²) in [4.78, 5) is 8.14. The van der Waals surface area contributed by atoms with Crippen molar-refractivity contribution in [3.63, 3.8) is 0 Å². The number of nitrogens with one attached hydrogen (secondary N) is 2. The lowest BCUT2D eigenvalue weighted by Crippen LogP contribution is -2.38. The molecule has 1 aromatic carbocycles. The lowest BCUT2D eigenvalue weighted by molar-refractivity contribution is 0.0372. The molecule has 0 spiro atoms. The van der Waals surface area contributed by atoms with Crippen LogP contribution in [-0.2, 0) is 11.3 Å². The van der Waals surface area contributed by atoms with Gasteiger partial charge in [0, 0.05) is 38.1 Å². The molecular weight excluding hydrogens is 332 g/mol. The lowest BCUT2D eigenvalue weighted by Gasteiger charge is -2.26. The van der Waals surface area contributed by atoms with E-state index in [-0.39, 0.29) is 0 Å². The van der Waals surface area contributed by atoms with Gasteiger partial charge in [-0.2, -0.15) is 0 Å². The maximum atomic E-state index is 5.38. The molecule has 2 N–H and O–H groups in total. The van der Waals surface area contributed by atoms with Gasteiger partial charge in [0.25, 0.3) is 0 Å². The Hall–Kier alpha value is -1.24. The third-order valence-electron chi connectivity index (χ3n) is 4.41. The summed E-state index contributed by atoms with van der Waals surface area (Å²) in [5.41, 5.74) is 2.62. The van der Waals surface area contributed by atoms with E-state index in [0.29, 0.717) is 0 Å². The summed E-state index contributed by atoms with van der Waals surface area (Å²) >= 11 is 1.79. The van der Waals surface area contributed by atoms with Crippen molar-refractivity contribution < 1.29 is 4.74 Å². The largest absolute Gasteiger partial charge is 0.379 e. The van der Waals surface area contributed by atoms with Crippen LogP contribution in [0, 0.1) is 6.92 Å².